The molecule has 2 aliphatic rings. The smallest absolute Gasteiger partial charge is 0.0540 e. The van der Waals surface area contributed by atoms with E-state index in [2.05, 4.69) is 231 Å². The monoisotopic (exact) mass is 717 g/mol. The van der Waals surface area contributed by atoms with Crippen LogP contribution < -0.4 is 4.90 Å². The first-order chi connectivity index (χ1) is 27.5. The number of hydrogen-bond donors (Lipinski definition) is 0. The van der Waals surface area contributed by atoms with Crippen LogP contribution in [0.5, 0.6) is 0 Å². The Kier molecular flexibility index (Phi) is 8.19. The molecular weight excluding hydrogens is 675 g/mol. The summed E-state index contributed by atoms with van der Waals surface area (Å²) in [6.07, 6.45) is 8.15. The van der Waals surface area contributed by atoms with E-state index in [0.717, 1.165) is 17.8 Å². The molecule has 0 saturated carbocycles. The van der Waals surface area contributed by atoms with Gasteiger partial charge in [0.05, 0.1) is 5.69 Å². The van der Waals surface area contributed by atoms with E-state index in [0.29, 0.717) is 0 Å². The van der Waals surface area contributed by atoms with Crippen LogP contribution in [0.25, 0.3) is 44.2 Å². The summed E-state index contributed by atoms with van der Waals surface area (Å²) in [6, 6.07) is 71.0. The second-order valence-electron chi connectivity index (χ2n) is 15.6. The zero-order chi connectivity index (χ0) is 37.7. The molecule has 268 valence electrons. The molecule has 0 fully saturated rings. The van der Waals surface area contributed by atoms with Gasteiger partial charge in [0, 0.05) is 27.8 Å². The molecule has 0 bridgehead atoms. The summed E-state index contributed by atoms with van der Waals surface area (Å²) in [5, 5.41) is 2.50. The molecule has 0 saturated heterocycles. The first-order valence-electron chi connectivity index (χ1n) is 19.8. The lowest BCUT2D eigenvalue weighted by Gasteiger charge is -2.35. The second-order valence-corrected chi connectivity index (χ2v) is 15.6. The molecule has 1 nitrogen and oxygen atoms in total. The zero-order valence-electron chi connectivity index (χ0n) is 31.9. The molecule has 0 radical (unpaired) electrons. The molecule has 2 atom stereocenters. The normalized spacial score (nSPS) is 18.3. The minimum absolute atomic E-state index is 0.202. The fourth-order valence-electron chi connectivity index (χ4n) is 9.51. The molecule has 10 rings (SSSR count). The molecule has 8 aromatic rings. The van der Waals surface area contributed by atoms with Crippen molar-refractivity contribution in [2.24, 2.45) is 0 Å². The maximum Gasteiger partial charge on any atom is 0.0540 e. The highest BCUT2D eigenvalue weighted by molar-refractivity contribution is 6.08. The van der Waals surface area contributed by atoms with Gasteiger partial charge in [0.25, 0.3) is 0 Å². The van der Waals surface area contributed by atoms with E-state index in [1.165, 1.54) is 72.1 Å². The van der Waals surface area contributed by atoms with Gasteiger partial charge in [-0.2, -0.15) is 0 Å². The lowest BCUT2D eigenvalue weighted by atomic mass is 9.71. The average molecular weight is 718 g/mol. The maximum absolute atomic E-state index is 2.46. The zero-order valence-corrected chi connectivity index (χ0v) is 31.9. The Morgan fingerprint density at radius 3 is 1.77 bits per heavy atom. The van der Waals surface area contributed by atoms with Crippen molar-refractivity contribution in [3.8, 4) is 33.4 Å². The Labute approximate surface area is 330 Å². The summed E-state index contributed by atoms with van der Waals surface area (Å²) in [6.45, 7) is 4.82. The number of allylic oxidation sites excluding steroid dienone is 3. The van der Waals surface area contributed by atoms with Crippen LogP contribution in [0.4, 0.5) is 11.4 Å². The quantitative estimate of drug-likeness (QED) is 0.159. The standard InChI is InChI=1S/C55H43N/c1-54(49-32-18-33-50-53(49)47-28-12-14-31-48(47)55(50,2)41-23-8-4-9-24-41)37-35-43(36-38-54)56(42-25-10-5-11-26-42)51-34-15-13-27-45(51)46-30-17-22-40-21-16-29-44(52(40)46)39-19-6-3-7-20-39/h3-37H,38H2,1-2H3. The van der Waals surface area contributed by atoms with Gasteiger partial charge in [-0.1, -0.05) is 195 Å². The predicted molar refractivity (Wildman–Crippen MR) is 236 cm³/mol. The van der Waals surface area contributed by atoms with Gasteiger partial charge in [0.2, 0.25) is 0 Å². The van der Waals surface area contributed by atoms with Crippen LogP contribution >= 0.6 is 0 Å². The van der Waals surface area contributed by atoms with E-state index in [1.54, 1.807) is 0 Å². The third kappa shape index (κ3) is 5.38. The molecule has 2 aliphatic carbocycles. The minimum Gasteiger partial charge on any atom is -0.310 e. The van der Waals surface area contributed by atoms with Gasteiger partial charge in [-0.15, -0.1) is 0 Å². The molecule has 1 heteroatoms. The van der Waals surface area contributed by atoms with Gasteiger partial charge >= 0.3 is 0 Å². The third-order valence-electron chi connectivity index (χ3n) is 12.4. The first-order valence-corrected chi connectivity index (χ1v) is 19.8. The van der Waals surface area contributed by atoms with Gasteiger partial charge < -0.3 is 4.90 Å². The highest BCUT2D eigenvalue weighted by Crippen LogP contribution is 2.56. The summed E-state index contributed by atoms with van der Waals surface area (Å²) < 4.78 is 0. The number of nitrogens with zero attached hydrogens (tertiary/aromatic N) is 1. The fourth-order valence-corrected chi connectivity index (χ4v) is 9.51. The first kappa shape index (κ1) is 33.8. The van der Waals surface area contributed by atoms with Crippen molar-refractivity contribution in [2.75, 3.05) is 4.90 Å². The van der Waals surface area contributed by atoms with Crippen molar-refractivity contribution in [3.05, 3.63) is 240 Å². The van der Waals surface area contributed by atoms with Crippen LogP contribution in [-0.4, -0.2) is 0 Å². The van der Waals surface area contributed by atoms with Crippen LogP contribution in [0.2, 0.25) is 0 Å². The fraction of sp³-hybridized carbons (Fsp3) is 0.0909. The van der Waals surface area contributed by atoms with E-state index < -0.39 is 0 Å². The molecule has 0 N–H and O–H groups in total. The van der Waals surface area contributed by atoms with E-state index in [9.17, 15) is 0 Å². The number of rotatable bonds is 7. The van der Waals surface area contributed by atoms with Crippen LogP contribution in [0, 0.1) is 0 Å². The Hall–Kier alpha value is -6.70. The van der Waals surface area contributed by atoms with Gasteiger partial charge in [-0.05, 0) is 98.5 Å². The predicted octanol–water partition coefficient (Wildman–Crippen LogP) is 14.4. The van der Waals surface area contributed by atoms with Crippen LogP contribution in [0.3, 0.4) is 0 Å². The van der Waals surface area contributed by atoms with Crippen molar-refractivity contribution in [2.45, 2.75) is 31.1 Å². The van der Waals surface area contributed by atoms with Crippen molar-refractivity contribution >= 4 is 22.1 Å². The summed E-state index contributed by atoms with van der Waals surface area (Å²) >= 11 is 0. The third-order valence-corrected chi connectivity index (χ3v) is 12.4. The summed E-state index contributed by atoms with van der Waals surface area (Å²) in [5.41, 5.74) is 16.1. The van der Waals surface area contributed by atoms with Crippen molar-refractivity contribution in [1.29, 1.82) is 0 Å². The SMILES string of the molecule is CC1(c2cccc3c2-c2ccccc2C3(C)c2ccccc2)C=CC(N(c2ccccc2)c2ccccc2-c2cccc3cccc(-c4ccccc4)c23)=CC1. The average Bonchev–Trinajstić information content (AvgIpc) is 3.54. The van der Waals surface area contributed by atoms with E-state index in [4.69, 9.17) is 0 Å². The molecule has 0 spiro atoms. The van der Waals surface area contributed by atoms with Gasteiger partial charge in [0.1, 0.15) is 0 Å². The van der Waals surface area contributed by atoms with Gasteiger partial charge in [-0.25, -0.2) is 0 Å². The van der Waals surface area contributed by atoms with Gasteiger partial charge in [-0.3, -0.25) is 0 Å². The summed E-state index contributed by atoms with van der Waals surface area (Å²) in [7, 11) is 0. The Morgan fingerprint density at radius 2 is 1.04 bits per heavy atom. The van der Waals surface area contributed by atoms with Crippen LogP contribution in [0.1, 0.15) is 42.5 Å². The molecule has 0 aromatic heterocycles. The number of hydrogen-bond acceptors (Lipinski definition) is 1. The second kappa shape index (κ2) is 13.6. The van der Waals surface area contributed by atoms with Crippen molar-refractivity contribution in [3.63, 3.8) is 0 Å². The maximum atomic E-state index is 2.46. The molecule has 8 aromatic carbocycles. The molecule has 56 heavy (non-hydrogen) atoms. The number of para-hydroxylation sites is 2. The number of benzene rings is 8. The van der Waals surface area contributed by atoms with Crippen molar-refractivity contribution in [1.82, 2.24) is 0 Å². The molecule has 0 aliphatic heterocycles. The minimum atomic E-state index is -0.227. The highest BCUT2D eigenvalue weighted by Gasteiger charge is 2.43. The number of fused-ring (bicyclic) bond motifs is 4. The Bertz CT molecular complexity index is 2790. The lowest BCUT2D eigenvalue weighted by Crippen LogP contribution is -2.26. The van der Waals surface area contributed by atoms with E-state index in [1.807, 2.05) is 0 Å². The topological polar surface area (TPSA) is 3.24 Å². The molecule has 0 heterocycles. The van der Waals surface area contributed by atoms with Crippen molar-refractivity contribution < 1.29 is 0 Å². The largest absolute Gasteiger partial charge is 0.310 e. The van der Waals surface area contributed by atoms with Crippen LogP contribution in [-0.2, 0) is 10.8 Å². The molecular formula is C55H43N. The highest BCUT2D eigenvalue weighted by atomic mass is 15.1. The molecule has 0 amide bonds. The lowest BCUT2D eigenvalue weighted by molar-refractivity contribution is 0.595. The number of anilines is 2. The summed E-state index contributed by atoms with van der Waals surface area (Å²) in [5.74, 6) is 0. The van der Waals surface area contributed by atoms with Gasteiger partial charge in [0.15, 0.2) is 0 Å². The molecule has 2 unspecified atom stereocenters. The summed E-state index contributed by atoms with van der Waals surface area (Å²) in [4.78, 5) is 2.45. The van der Waals surface area contributed by atoms with E-state index >= 15 is 0 Å². The van der Waals surface area contributed by atoms with Crippen LogP contribution in [0.15, 0.2) is 218 Å². The van der Waals surface area contributed by atoms with E-state index in [-0.39, 0.29) is 10.8 Å². The Balaban J connectivity index is 1.10. The Morgan fingerprint density at radius 1 is 0.464 bits per heavy atom.